The summed E-state index contributed by atoms with van der Waals surface area (Å²) in [7, 11) is 1.60. The Kier molecular flexibility index (Phi) is 5.89. The lowest BCUT2D eigenvalue weighted by molar-refractivity contribution is -0.116. The van der Waals surface area contributed by atoms with Crippen molar-refractivity contribution in [2.45, 2.75) is 0 Å². The van der Waals surface area contributed by atoms with Crippen LogP contribution in [0.15, 0.2) is 65.5 Å². The molecule has 0 unspecified atom stereocenters. The van der Waals surface area contributed by atoms with Crippen molar-refractivity contribution in [1.82, 2.24) is 10.3 Å². The molecule has 1 heterocycles. The topological polar surface area (TPSA) is 80.4 Å². The first-order valence-corrected chi connectivity index (χ1v) is 8.50. The molecule has 27 heavy (non-hydrogen) atoms. The van der Waals surface area contributed by atoms with Gasteiger partial charge in [0.1, 0.15) is 18.1 Å². The first kappa shape index (κ1) is 18.3. The maximum Gasteiger partial charge on any atom is 0.255 e. The van der Waals surface area contributed by atoms with Gasteiger partial charge in [-0.25, -0.2) is 0 Å². The van der Waals surface area contributed by atoms with Gasteiger partial charge in [0.05, 0.1) is 13.7 Å². The zero-order valence-corrected chi connectivity index (χ0v) is 14.9. The van der Waals surface area contributed by atoms with Gasteiger partial charge in [-0.2, -0.15) is 0 Å². The van der Waals surface area contributed by atoms with E-state index < -0.39 is 0 Å². The van der Waals surface area contributed by atoms with E-state index in [0.717, 1.165) is 16.7 Å². The second kappa shape index (κ2) is 8.71. The molecule has 2 N–H and O–H groups in total. The van der Waals surface area contributed by atoms with Crippen molar-refractivity contribution in [2.75, 3.05) is 20.3 Å². The van der Waals surface area contributed by atoms with E-state index in [4.69, 9.17) is 9.47 Å². The highest BCUT2D eigenvalue weighted by Crippen LogP contribution is 2.16. The fourth-order valence-electron chi connectivity index (χ4n) is 2.53. The standard InChI is InChI=1S/C21H20N2O4/c1-26-17-7-9-18(10-8-17)27-13-12-22-20(24)11-6-16-14-15-4-2-3-5-19(15)23-21(16)25/h2-11,14H,12-13H2,1H3,(H,22,24)(H,23,25)/b11-6+. The van der Waals surface area contributed by atoms with E-state index in [1.807, 2.05) is 24.3 Å². The first-order chi connectivity index (χ1) is 13.2. The Bertz CT molecular complexity index is 1010. The van der Waals surface area contributed by atoms with E-state index in [0.29, 0.717) is 24.5 Å². The minimum atomic E-state index is -0.291. The summed E-state index contributed by atoms with van der Waals surface area (Å²) in [5.74, 6) is 1.16. The van der Waals surface area contributed by atoms with Crippen molar-refractivity contribution in [3.8, 4) is 11.5 Å². The number of hydrogen-bond acceptors (Lipinski definition) is 4. The molecule has 0 aliphatic rings. The van der Waals surface area contributed by atoms with E-state index in [1.165, 1.54) is 12.2 Å². The molecule has 1 amide bonds. The van der Waals surface area contributed by atoms with Crippen molar-refractivity contribution in [1.29, 1.82) is 0 Å². The van der Waals surface area contributed by atoms with Crippen LogP contribution in [-0.2, 0) is 4.79 Å². The summed E-state index contributed by atoms with van der Waals surface area (Å²) in [6, 6.07) is 16.4. The number of aromatic nitrogens is 1. The lowest BCUT2D eigenvalue weighted by Crippen LogP contribution is -2.26. The molecule has 0 fully saturated rings. The van der Waals surface area contributed by atoms with Crippen LogP contribution in [0.4, 0.5) is 0 Å². The predicted molar refractivity (Wildman–Crippen MR) is 105 cm³/mol. The first-order valence-electron chi connectivity index (χ1n) is 8.50. The molecule has 0 aliphatic carbocycles. The van der Waals surface area contributed by atoms with Gasteiger partial charge < -0.3 is 19.8 Å². The molecule has 138 valence electrons. The quantitative estimate of drug-likeness (QED) is 0.499. The second-order valence-electron chi connectivity index (χ2n) is 5.79. The minimum absolute atomic E-state index is 0.236. The van der Waals surface area contributed by atoms with Crippen LogP contribution in [0.2, 0.25) is 0 Å². The van der Waals surface area contributed by atoms with Crippen LogP contribution in [-0.4, -0.2) is 31.2 Å². The summed E-state index contributed by atoms with van der Waals surface area (Å²) in [4.78, 5) is 26.7. The van der Waals surface area contributed by atoms with Crippen LogP contribution in [0.25, 0.3) is 17.0 Å². The Labute approximate surface area is 156 Å². The maximum absolute atomic E-state index is 12.0. The number of rotatable bonds is 7. The van der Waals surface area contributed by atoms with Gasteiger partial charge in [-0.1, -0.05) is 18.2 Å². The van der Waals surface area contributed by atoms with Crippen molar-refractivity contribution < 1.29 is 14.3 Å². The molecule has 0 spiro atoms. The number of fused-ring (bicyclic) bond motifs is 1. The number of aromatic amines is 1. The zero-order chi connectivity index (χ0) is 19.1. The van der Waals surface area contributed by atoms with Crippen LogP contribution in [0.1, 0.15) is 5.56 Å². The number of pyridine rings is 1. The fourth-order valence-corrected chi connectivity index (χ4v) is 2.53. The third-order valence-corrected chi connectivity index (χ3v) is 3.93. The van der Waals surface area contributed by atoms with E-state index >= 15 is 0 Å². The molecule has 0 radical (unpaired) electrons. The second-order valence-corrected chi connectivity index (χ2v) is 5.79. The van der Waals surface area contributed by atoms with Gasteiger partial charge >= 0.3 is 0 Å². The summed E-state index contributed by atoms with van der Waals surface area (Å²) in [6.45, 7) is 0.686. The predicted octanol–water partition coefficient (Wildman–Crippen LogP) is 2.75. The number of benzene rings is 2. The number of amides is 1. The molecule has 6 nitrogen and oxygen atoms in total. The van der Waals surface area contributed by atoms with Crippen molar-refractivity contribution in [3.05, 3.63) is 76.6 Å². The third-order valence-electron chi connectivity index (χ3n) is 3.93. The number of carbonyl (C=O) groups excluding carboxylic acids is 1. The zero-order valence-electron chi connectivity index (χ0n) is 14.9. The molecule has 0 atom stereocenters. The summed E-state index contributed by atoms with van der Waals surface area (Å²) >= 11 is 0. The molecular formula is C21H20N2O4. The van der Waals surface area contributed by atoms with Crippen LogP contribution < -0.4 is 20.3 Å². The normalized spacial score (nSPS) is 10.9. The van der Waals surface area contributed by atoms with Gasteiger partial charge in [-0.05, 0) is 47.9 Å². The Hall–Kier alpha value is -3.54. The van der Waals surface area contributed by atoms with Crippen LogP contribution in [0.5, 0.6) is 11.5 Å². The average molecular weight is 364 g/mol. The minimum Gasteiger partial charge on any atom is -0.497 e. The molecule has 2 aromatic carbocycles. The summed E-state index contributed by atoms with van der Waals surface area (Å²) in [5.41, 5.74) is 0.957. The average Bonchev–Trinajstić information content (AvgIpc) is 2.70. The molecule has 3 aromatic rings. The number of nitrogens with one attached hydrogen (secondary N) is 2. The monoisotopic (exact) mass is 364 g/mol. The summed E-state index contributed by atoms with van der Waals surface area (Å²) < 4.78 is 10.6. The van der Waals surface area contributed by atoms with Gasteiger partial charge in [0.2, 0.25) is 5.91 Å². The van der Waals surface area contributed by atoms with Gasteiger partial charge in [-0.15, -0.1) is 0 Å². The van der Waals surface area contributed by atoms with Crippen LogP contribution in [0.3, 0.4) is 0 Å². The number of H-pyrrole nitrogens is 1. The Morgan fingerprint density at radius 1 is 1.11 bits per heavy atom. The van der Waals surface area contributed by atoms with E-state index in [1.54, 1.807) is 37.4 Å². The van der Waals surface area contributed by atoms with Crippen molar-refractivity contribution >= 4 is 22.9 Å². The molecule has 6 heteroatoms. The Morgan fingerprint density at radius 2 is 1.85 bits per heavy atom. The number of para-hydroxylation sites is 1. The third kappa shape index (κ3) is 4.98. The largest absolute Gasteiger partial charge is 0.497 e. The smallest absolute Gasteiger partial charge is 0.255 e. The van der Waals surface area contributed by atoms with Crippen LogP contribution >= 0.6 is 0 Å². The Balaban J connectivity index is 1.50. The highest BCUT2D eigenvalue weighted by atomic mass is 16.5. The van der Waals surface area contributed by atoms with Gasteiger partial charge in [-0.3, -0.25) is 9.59 Å². The molecule has 0 saturated carbocycles. The number of carbonyl (C=O) groups is 1. The molecule has 0 aliphatic heterocycles. The lowest BCUT2D eigenvalue weighted by Gasteiger charge is -2.07. The SMILES string of the molecule is COc1ccc(OCCNC(=O)/C=C/c2cc3ccccc3[nH]c2=O)cc1. The van der Waals surface area contributed by atoms with Crippen molar-refractivity contribution in [2.24, 2.45) is 0 Å². The van der Waals surface area contributed by atoms with E-state index in [9.17, 15) is 9.59 Å². The maximum atomic E-state index is 12.0. The molecule has 3 rings (SSSR count). The number of ether oxygens (including phenoxy) is 2. The summed E-state index contributed by atoms with van der Waals surface area (Å²) in [6.07, 6.45) is 2.84. The van der Waals surface area contributed by atoms with Crippen molar-refractivity contribution in [3.63, 3.8) is 0 Å². The highest BCUT2D eigenvalue weighted by Gasteiger charge is 2.01. The van der Waals surface area contributed by atoms with Gasteiger partial charge in [0, 0.05) is 17.2 Å². The highest BCUT2D eigenvalue weighted by molar-refractivity contribution is 5.92. The summed E-state index contributed by atoms with van der Waals surface area (Å²) in [5, 5.41) is 3.62. The molecule has 0 saturated heterocycles. The molecular weight excluding hydrogens is 344 g/mol. The Morgan fingerprint density at radius 3 is 2.63 bits per heavy atom. The van der Waals surface area contributed by atoms with E-state index in [-0.39, 0.29) is 11.5 Å². The number of hydrogen-bond donors (Lipinski definition) is 2. The fraction of sp³-hybridized carbons (Fsp3) is 0.143. The molecule has 0 bridgehead atoms. The number of methoxy groups -OCH3 is 1. The van der Waals surface area contributed by atoms with E-state index in [2.05, 4.69) is 10.3 Å². The van der Waals surface area contributed by atoms with Gasteiger partial charge in [0.15, 0.2) is 0 Å². The van der Waals surface area contributed by atoms with Crippen LogP contribution in [0, 0.1) is 0 Å². The molecule has 1 aromatic heterocycles. The van der Waals surface area contributed by atoms with Gasteiger partial charge in [0.25, 0.3) is 5.56 Å². The lowest BCUT2D eigenvalue weighted by atomic mass is 10.1.